The predicted molar refractivity (Wildman–Crippen MR) is 133 cm³/mol. The van der Waals surface area contributed by atoms with E-state index in [1.165, 1.54) is 18.2 Å². The van der Waals surface area contributed by atoms with Gasteiger partial charge in [0.2, 0.25) is 5.60 Å². The minimum Gasteiger partial charge on any atom is -0.494 e. The monoisotopic (exact) mass is 604 g/mol. The molecule has 1 unspecified atom stereocenters. The van der Waals surface area contributed by atoms with Crippen LogP contribution in [-0.2, 0) is 14.8 Å². The van der Waals surface area contributed by atoms with E-state index >= 15 is 0 Å². The Labute approximate surface area is 230 Å². The molecule has 1 aliphatic rings. The second-order valence-electron chi connectivity index (χ2n) is 9.16. The normalized spacial score (nSPS) is 16.8. The number of anilines is 1. The number of aliphatic hydroxyl groups is 1. The molecule has 4 rings (SSSR count). The van der Waals surface area contributed by atoms with Crippen LogP contribution < -0.4 is 19.1 Å². The fourth-order valence-corrected chi connectivity index (χ4v) is 5.48. The minimum atomic E-state index is -5.29. The van der Waals surface area contributed by atoms with E-state index in [0.717, 1.165) is 47.8 Å². The van der Waals surface area contributed by atoms with Crippen LogP contribution >= 0.6 is 0 Å². The zero-order chi connectivity index (χ0) is 30.3. The summed E-state index contributed by atoms with van der Waals surface area (Å²) < 4.78 is 120. The molecule has 0 saturated heterocycles. The molecule has 2 N–H and O–H groups in total. The highest BCUT2D eigenvalue weighted by molar-refractivity contribution is 7.92. The van der Waals surface area contributed by atoms with Crippen LogP contribution in [0.3, 0.4) is 0 Å². The van der Waals surface area contributed by atoms with Crippen molar-refractivity contribution in [2.75, 3.05) is 24.5 Å². The van der Waals surface area contributed by atoms with Gasteiger partial charge in [0.1, 0.15) is 23.5 Å². The van der Waals surface area contributed by atoms with Crippen LogP contribution in [0.2, 0.25) is 0 Å². The molecule has 0 aliphatic carbocycles. The number of nitrogens with one attached hydrogen (secondary N) is 1. The molecule has 0 aromatic heterocycles. The molecule has 15 heteroatoms. The van der Waals surface area contributed by atoms with Gasteiger partial charge in [-0.1, -0.05) is 6.07 Å². The van der Waals surface area contributed by atoms with Crippen molar-refractivity contribution >= 4 is 21.6 Å². The molecule has 8 nitrogen and oxygen atoms in total. The SMILES string of the molecule is COc1cc(S(=O)(=O)N2CC(CNC(=O)[C@@](C)(O)C(F)(F)F)Oc3ccc(-c4cc(F)ccc4F)cc32)ccc1F. The van der Waals surface area contributed by atoms with Gasteiger partial charge in [0.05, 0.1) is 30.8 Å². The second kappa shape index (κ2) is 10.8. The quantitative estimate of drug-likeness (QED) is 0.393. The summed E-state index contributed by atoms with van der Waals surface area (Å²) in [6.45, 7) is -0.993. The van der Waals surface area contributed by atoms with E-state index in [-0.39, 0.29) is 29.5 Å². The summed E-state index contributed by atoms with van der Waals surface area (Å²) in [6.07, 6.45) is -6.57. The zero-order valence-electron chi connectivity index (χ0n) is 21.3. The van der Waals surface area contributed by atoms with Gasteiger partial charge in [0.15, 0.2) is 11.6 Å². The van der Waals surface area contributed by atoms with Crippen LogP contribution in [0.15, 0.2) is 59.5 Å². The number of carbonyl (C=O) groups is 1. The third kappa shape index (κ3) is 5.77. The molecule has 0 fully saturated rings. The Hall–Kier alpha value is -3.98. The van der Waals surface area contributed by atoms with E-state index in [1.54, 1.807) is 0 Å². The van der Waals surface area contributed by atoms with Crippen molar-refractivity contribution < 1.29 is 54.1 Å². The molecule has 1 amide bonds. The highest BCUT2D eigenvalue weighted by atomic mass is 32.2. The summed E-state index contributed by atoms with van der Waals surface area (Å²) in [7, 11) is -3.45. The first-order chi connectivity index (χ1) is 19.1. The molecule has 0 spiro atoms. The second-order valence-corrected chi connectivity index (χ2v) is 11.0. The Morgan fingerprint density at radius 1 is 1.07 bits per heavy atom. The van der Waals surface area contributed by atoms with Gasteiger partial charge in [-0.05, 0) is 55.0 Å². The maximum absolute atomic E-state index is 14.5. The molecule has 1 heterocycles. The van der Waals surface area contributed by atoms with Crippen molar-refractivity contribution in [1.82, 2.24) is 5.32 Å². The topological polar surface area (TPSA) is 105 Å². The molecule has 3 aromatic rings. The molecule has 1 aliphatic heterocycles. The number of methoxy groups -OCH3 is 1. The van der Waals surface area contributed by atoms with Crippen LogP contribution in [0.4, 0.5) is 32.0 Å². The first-order valence-electron chi connectivity index (χ1n) is 11.8. The molecule has 3 aromatic carbocycles. The number of carbonyl (C=O) groups excluding carboxylic acids is 1. The Bertz CT molecular complexity index is 1600. The van der Waals surface area contributed by atoms with E-state index in [0.29, 0.717) is 0 Å². The van der Waals surface area contributed by atoms with Gasteiger partial charge in [0.25, 0.3) is 15.9 Å². The zero-order valence-corrected chi connectivity index (χ0v) is 22.1. The number of fused-ring (bicyclic) bond motifs is 1. The van der Waals surface area contributed by atoms with Gasteiger partial charge < -0.3 is 19.9 Å². The first-order valence-corrected chi connectivity index (χ1v) is 13.2. The van der Waals surface area contributed by atoms with Gasteiger partial charge in [-0.15, -0.1) is 0 Å². The summed E-state index contributed by atoms with van der Waals surface area (Å²) in [5.74, 6) is -4.74. The minimum absolute atomic E-state index is 0.0641. The fourth-order valence-electron chi connectivity index (χ4n) is 3.97. The summed E-state index contributed by atoms with van der Waals surface area (Å²) in [6, 6.07) is 9.14. The summed E-state index contributed by atoms with van der Waals surface area (Å²) in [5.41, 5.74) is -4.02. The van der Waals surface area contributed by atoms with Crippen LogP contribution in [0.1, 0.15) is 6.92 Å². The van der Waals surface area contributed by atoms with Gasteiger partial charge in [-0.3, -0.25) is 9.10 Å². The van der Waals surface area contributed by atoms with Crippen LogP contribution in [0.5, 0.6) is 11.5 Å². The Morgan fingerprint density at radius 2 is 1.76 bits per heavy atom. The molecule has 41 heavy (non-hydrogen) atoms. The van der Waals surface area contributed by atoms with E-state index in [2.05, 4.69) is 0 Å². The number of ether oxygens (including phenoxy) is 2. The Morgan fingerprint density at radius 3 is 2.41 bits per heavy atom. The predicted octanol–water partition coefficient (Wildman–Crippen LogP) is 4.17. The maximum Gasteiger partial charge on any atom is 0.426 e. The third-order valence-corrected chi connectivity index (χ3v) is 8.10. The van der Waals surface area contributed by atoms with E-state index in [1.807, 2.05) is 5.32 Å². The van der Waals surface area contributed by atoms with Crippen LogP contribution in [-0.4, -0.2) is 57.5 Å². The number of alkyl halides is 3. The van der Waals surface area contributed by atoms with Crippen molar-refractivity contribution in [1.29, 1.82) is 0 Å². The number of amides is 1. The lowest BCUT2D eigenvalue weighted by Gasteiger charge is -2.36. The molecule has 0 bridgehead atoms. The lowest BCUT2D eigenvalue weighted by molar-refractivity contribution is -0.245. The third-order valence-electron chi connectivity index (χ3n) is 6.33. The number of halogens is 6. The standard InChI is InChI=1S/C26H22F6N2O6S/c1-25(36,26(30,31)32)24(35)33-12-16-13-34(41(37,38)17-5-7-20(29)23(11-17)39-2)21-9-14(3-8-22(21)40-16)18-10-15(27)4-6-19(18)28/h3-11,16,36H,12-13H2,1-2H3,(H,33,35)/t16?,25-/m1/s1. The van der Waals surface area contributed by atoms with E-state index < -0.39 is 75.0 Å². The molecular formula is C26H22F6N2O6S. The Kier molecular flexibility index (Phi) is 7.88. The Balaban J connectivity index is 1.76. The number of benzene rings is 3. The van der Waals surface area contributed by atoms with Crippen molar-refractivity contribution in [3.05, 3.63) is 72.0 Å². The smallest absolute Gasteiger partial charge is 0.426 e. The van der Waals surface area contributed by atoms with Crippen molar-refractivity contribution in [3.8, 4) is 22.6 Å². The molecular weight excluding hydrogens is 582 g/mol. The van der Waals surface area contributed by atoms with Gasteiger partial charge >= 0.3 is 6.18 Å². The lowest BCUT2D eigenvalue weighted by atomic mass is 10.0. The summed E-state index contributed by atoms with van der Waals surface area (Å²) in [5, 5.41) is 11.5. The van der Waals surface area contributed by atoms with E-state index in [9.17, 15) is 44.7 Å². The van der Waals surface area contributed by atoms with E-state index in [4.69, 9.17) is 9.47 Å². The van der Waals surface area contributed by atoms with Crippen molar-refractivity contribution in [2.24, 2.45) is 0 Å². The summed E-state index contributed by atoms with van der Waals surface area (Å²) >= 11 is 0. The molecule has 0 radical (unpaired) electrons. The largest absolute Gasteiger partial charge is 0.494 e. The van der Waals surface area contributed by atoms with Gasteiger partial charge in [-0.2, -0.15) is 13.2 Å². The highest BCUT2D eigenvalue weighted by Gasteiger charge is 2.55. The lowest BCUT2D eigenvalue weighted by Crippen LogP contribution is -2.57. The number of rotatable bonds is 7. The van der Waals surface area contributed by atoms with Gasteiger partial charge in [0, 0.05) is 11.6 Å². The highest BCUT2D eigenvalue weighted by Crippen LogP contribution is 2.41. The number of hydrogen-bond acceptors (Lipinski definition) is 6. The summed E-state index contributed by atoms with van der Waals surface area (Å²) in [4.78, 5) is 11.6. The molecule has 0 saturated carbocycles. The fraction of sp³-hybridized carbons (Fsp3) is 0.269. The molecule has 2 atom stereocenters. The van der Waals surface area contributed by atoms with Crippen LogP contribution in [0.25, 0.3) is 11.1 Å². The number of hydrogen-bond donors (Lipinski definition) is 2. The maximum atomic E-state index is 14.5. The van der Waals surface area contributed by atoms with Crippen LogP contribution in [0, 0.1) is 17.5 Å². The number of nitrogens with zero attached hydrogens (tertiary/aromatic N) is 1. The van der Waals surface area contributed by atoms with Crippen molar-refractivity contribution in [2.45, 2.75) is 29.7 Å². The van der Waals surface area contributed by atoms with Gasteiger partial charge in [-0.25, -0.2) is 21.6 Å². The average Bonchev–Trinajstić information content (AvgIpc) is 2.91. The molecule has 220 valence electrons. The number of sulfonamides is 1. The first kappa shape index (κ1) is 30.0. The van der Waals surface area contributed by atoms with Crippen molar-refractivity contribution in [3.63, 3.8) is 0 Å². The average molecular weight is 605 g/mol.